The normalized spacial score (nSPS) is 19.4. The molecule has 0 aromatic heterocycles. The lowest BCUT2D eigenvalue weighted by Gasteiger charge is -2.17. The van der Waals surface area contributed by atoms with Crippen LogP contribution in [-0.2, 0) is 0 Å². The van der Waals surface area contributed by atoms with Crippen molar-refractivity contribution in [3.8, 4) is 17.2 Å². The molecule has 1 saturated heterocycles. The number of amides is 1. The van der Waals surface area contributed by atoms with Gasteiger partial charge in [0, 0.05) is 43.7 Å². The molecule has 6 heteroatoms. The standard InChI is InChI=1S/C20H19FN2O3/c21-19-5-4-14(7-16(19)8-22)13-2-1-3-15(6-13)20(26)23-9-17(11-24)18(10-23)12-25/h1-7,17-18,24-25H,9-12H2/t17-,18-/m1/s1. The minimum atomic E-state index is -0.578. The van der Waals surface area contributed by atoms with Crippen molar-refractivity contribution in [1.82, 2.24) is 4.90 Å². The molecule has 1 fully saturated rings. The molecule has 1 aliphatic rings. The molecule has 0 bridgehead atoms. The second-order valence-corrected chi connectivity index (χ2v) is 6.48. The van der Waals surface area contributed by atoms with Crippen molar-refractivity contribution in [3.05, 3.63) is 59.4 Å². The number of rotatable bonds is 4. The summed E-state index contributed by atoms with van der Waals surface area (Å²) in [6.07, 6.45) is 0. The van der Waals surface area contributed by atoms with Crippen molar-refractivity contribution >= 4 is 5.91 Å². The molecule has 5 nitrogen and oxygen atoms in total. The average Bonchev–Trinajstić information content (AvgIpc) is 3.11. The maximum atomic E-state index is 13.5. The van der Waals surface area contributed by atoms with Gasteiger partial charge in [-0.1, -0.05) is 18.2 Å². The zero-order valence-electron chi connectivity index (χ0n) is 14.1. The van der Waals surface area contributed by atoms with Crippen molar-refractivity contribution in [3.63, 3.8) is 0 Å². The quantitative estimate of drug-likeness (QED) is 0.880. The summed E-state index contributed by atoms with van der Waals surface area (Å²) >= 11 is 0. The van der Waals surface area contributed by atoms with Crippen LogP contribution < -0.4 is 0 Å². The lowest BCUT2D eigenvalue weighted by molar-refractivity contribution is 0.0778. The minimum Gasteiger partial charge on any atom is -0.396 e. The first-order valence-electron chi connectivity index (χ1n) is 8.38. The Morgan fingerprint density at radius 2 is 1.77 bits per heavy atom. The maximum Gasteiger partial charge on any atom is 0.253 e. The van der Waals surface area contributed by atoms with Gasteiger partial charge in [0.05, 0.1) is 5.56 Å². The second-order valence-electron chi connectivity index (χ2n) is 6.48. The highest BCUT2D eigenvalue weighted by atomic mass is 19.1. The SMILES string of the molecule is N#Cc1cc(-c2cccc(C(=O)N3C[C@H](CO)[C@@H](CO)C3)c2)ccc1F. The van der Waals surface area contributed by atoms with Crippen LogP contribution >= 0.6 is 0 Å². The Kier molecular flexibility index (Phi) is 5.31. The van der Waals surface area contributed by atoms with E-state index >= 15 is 0 Å². The number of aliphatic hydroxyl groups is 2. The molecule has 2 atom stereocenters. The van der Waals surface area contributed by atoms with Crippen LogP contribution in [-0.4, -0.2) is 47.3 Å². The van der Waals surface area contributed by atoms with E-state index in [4.69, 9.17) is 5.26 Å². The summed E-state index contributed by atoms with van der Waals surface area (Å²) in [6, 6.07) is 13.0. The summed E-state index contributed by atoms with van der Waals surface area (Å²) in [5, 5.41) is 27.8. The molecule has 26 heavy (non-hydrogen) atoms. The van der Waals surface area contributed by atoms with Crippen molar-refractivity contribution in [1.29, 1.82) is 5.26 Å². The van der Waals surface area contributed by atoms with Crippen molar-refractivity contribution in [2.24, 2.45) is 11.8 Å². The number of aliphatic hydroxyl groups excluding tert-OH is 2. The maximum absolute atomic E-state index is 13.5. The summed E-state index contributed by atoms with van der Waals surface area (Å²) in [7, 11) is 0. The van der Waals surface area contributed by atoms with Crippen LogP contribution in [0.5, 0.6) is 0 Å². The van der Waals surface area contributed by atoms with Gasteiger partial charge < -0.3 is 15.1 Å². The number of nitrogens with zero attached hydrogens (tertiary/aromatic N) is 2. The number of hydrogen-bond donors (Lipinski definition) is 2. The predicted octanol–water partition coefficient (Wildman–Crippen LogP) is 2.04. The molecule has 0 radical (unpaired) electrons. The van der Waals surface area contributed by atoms with E-state index in [0.717, 1.165) is 0 Å². The molecule has 3 rings (SSSR count). The fraction of sp³-hybridized carbons (Fsp3) is 0.300. The average molecular weight is 354 g/mol. The van der Waals surface area contributed by atoms with Crippen LogP contribution in [0.25, 0.3) is 11.1 Å². The van der Waals surface area contributed by atoms with Crippen molar-refractivity contribution in [2.45, 2.75) is 0 Å². The Hall–Kier alpha value is -2.75. The molecule has 2 N–H and O–H groups in total. The lowest BCUT2D eigenvalue weighted by Crippen LogP contribution is -2.29. The molecule has 2 aromatic rings. The van der Waals surface area contributed by atoms with E-state index in [1.807, 2.05) is 6.07 Å². The summed E-state index contributed by atoms with van der Waals surface area (Å²) in [5.41, 5.74) is 1.79. The zero-order chi connectivity index (χ0) is 18.7. The first kappa shape index (κ1) is 18.1. The molecule has 1 aliphatic heterocycles. The number of hydrogen-bond acceptors (Lipinski definition) is 4. The highest BCUT2D eigenvalue weighted by Gasteiger charge is 2.34. The number of nitriles is 1. The number of benzene rings is 2. The highest BCUT2D eigenvalue weighted by molar-refractivity contribution is 5.95. The van der Waals surface area contributed by atoms with E-state index in [1.54, 1.807) is 35.2 Å². The van der Waals surface area contributed by atoms with Gasteiger partial charge in [0.15, 0.2) is 0 Å². The molecular weight excluding hydrogens is 335 g/mol. The van der Waals surface area contributed by atoms with Crippen molar-refractivity contribution in [2.75, 3.05) is 26.3 Å². The third-order valence-electron chi connectivity index (χ3n) is 4.86. The van der Waals surface area contributed by atoms with E-state index < -0.39 is 5.82 Å². The van der Waals surface area contributed by atoms with E-state index in [2.05, 4.69) is 0 Å². The van der Waals surface area contributed by atoms with Gasteiger partial charge in [0.2, 0.25) is 0 Å². The first-order chi connectivity index (χ1) is 12.6. The molecular formula is C20H19FN2O3. The topological polar surface area (TPSA) is 84.6 Å². The fourth-order valence-corrected chi connectivity index (χ4v) is 3.32. The fourth-order valence-electron chi connectivity index (χ4n) is 3.32. The van der Waals surface area contributed by atoms with Gasteiger partial charge >= 0.3 is 0 Å². The Balaban J connectivity index is 1.86. The van der Waals surface area contributed by atoms with Gasteiger partial charge in [-0.2, -0.15) is 5.26 Å². The molecule has 0 unspecified atom stereocenters. The van der Waals surface area contributed by atoms with E-state index in [-0.39, 0.29) is 36.5 Å². The minimum absolute atomic E-state index is 0.0460. The van der Waals surface area contributed by atoms with Gasteiger partial charge in [0.25, 0.3) is 5.91 Å². The third-order valence-corrected chi connectivity index (χ3v) is 4.86. The van der Waals surface area contributed by atoms with Gasteiger partial charge in [0.1, 0.15) is 11.9 Å². The van der Waals surface area contributed by atoms with Crippen LogP contribution in [0.15, 0.2) is 42.5 Å². The Labute approximate surface area is 150 Å². The number of likely N-dealkylation sites (tertiary alicyclic amines) is 1. The largest absolute Gasteiger partial charge is 0.396 e. The molecule has 0 saturated carbocycles. The van der Waals surface area contributed by atoms with Crippen LogP contribution in [0.3, 0.4) is 0 Å². The molecule has 2 aromatic carbocycles. The van der Waals surface area contributed by atoms with Crippen molar-refractivity contribution < 1.29 is 19.4 Å². The highest BCUT2D eigenvalue weighted by Crippen LogP contribution is 2.27. The van der Waals surface area contributed by atoms with E-state index in [0.29, 0.717) is 29.8 Å². The van der Waals surface area contributed by atoms with Crippen LogP contribution in [0, 0.1) is 29.0 Å². The van der Waals surface area contributed by atoms with Gasteiger partial charge in [-0.05, 0) is 35.4 Å². The van der Waals surface area contributed by atoms with Gasteiger partial charge in [-0.3, -0.25) is 4.79 Å². The van der Waals surface area contributed by atoms with E-state index in [1.165, 1.54) is 12.1 Å². The summed E-state index contributed by atoms with van der Waals surface area (Å²) in [6.45, 7) is 0.670. The summed E-state index contributed by atoms with van der Waals surface area (Å²) in [5.74, 6) is -1.00. The Morgan fingerprint density at radius 1 is 1.12 bits per heavy atom. The zero-order valence-corrected chi connectivity index (χ0v) is 14.1. The second kappa shape index (κ2) is 7.65. The molecule has 134 valence electrons. The monoisotopic (exact) mass is 354 g/mol. The predicted molar refractivity (Wildman–Crippen MR) is 93.6 cm³/mol. The van der Waals surface area contributed by atoms with Crippen LogP contribution in [0.2, 0.25) is 0 Å². The Bertz CT molecular complexity index is 850. The lowest BCUT2D eigenvalue weighted by atomic mass is 9.98. The summed E-state index contributed by atoms with van der Waals surface area (Å²) in [4.78, 5) is 14.4. The first-order valence-corrected chi connectivity index (χ1v) is 8.38. The molecule has 1 heterocycles. The van der Waals surface area contributed by atoms with Crippen LogP contribution in [0.4, 0.5) is 4.39 Å². The Morgan fingerprint density at radius 3 is 2.38 bits per heavy atom. The van der Waals surface area contributed by atoms with Gasteiger partial charge in [-0.25, -0.2) is 4.39 Å². The summed E-state index contributed by atoms with van der Waals surface area (Å²) < 4.78 is 13.5. The number of halogens is 1. The third kappa shape index (κ3) is 3.45. The smallest absolute Gasteiger partial charge is 0.253 e. The van der Waals surface area contributed by atoms with E-state index in [9.17, 15) is 19.4 Å². The number of carbonyl (C=O) groups is 1. The molecule has 1 amide bonds. The molecule has 0 spiro atoms. The molecule has 0 aliphatic carbocycles. The van der Waals surface area contributed by atoms with Crippen LogP contribution in [0.1, 0.15) is 15.9 Å². The van der Waals surface area contributed by atoms with Gasteiger partial charge in [-0.15, -0.1) is 0 Å². The number of carbonyl (C=O) groups excluding carboxylic acids is 1.